The predicted molar refractivity (Wildman–Crippen MR) is 118 cm³/mol. The summed E-state index contributed by atoms with van der Waals surface area (Å²) in [6, 6.07) is 3.94. The zero-order chi connectivity index (χ0) is 21.0. The number of imidazole rings is 1. The summed E-state index contributed by atoms with van der Waals surface area (Å²) in [6.45, 7) is 8.44. The number of piperidine rings is 1. The zero-order valence-electron chi connectivity index (χ0n) is 17.3. The van der Waals surface area contributed by atoms with Crippen LogP contribution in [0.4, 0.5) is 4.39 Å². The van der Waals surface area contributed by atoms with E-state index in [1.54, 1.807) is 28.1 Å². The van der Waals surface area contributed by atoms with Crippen LogP contribution in [-0.2, 0) is 0 Å². The monoisotopic (exact) mass is 425 g/mol. The Morgan fingerprint density at radius 3 is 2.70 bits per heavy atom. The Morgan fingerprint density at radius 1 is 1.20 bits per heavy atom. The average molecular weight is 426 g/mol. The fourth-order valence-corrected chi connectivity index (χ4v) is 5.50. The molecule has 4 aromatic heterocycles. The summed E-state index contributed by atoms with van der Waals surface area (Å²) < 4.78 is 16.1. The third-order valence-electron chi connectivity index (χ3n) is 5.98. The standard InChI is InChI=1S/C22H24FN5OS/c1-12(2)27-6-4-14(5-7-27)18-9-16-21(29)25-19(26-22(16)30-18)15-8-17(23)20-24-13(3)10-28(20)11-15/h8-12,14H,4-7H2,1-3H3,(H,25,26,29). The minimum atomic E-state index is -0.438. The van der Waals surface area contributed by atoms with Crippen LogP contribution in [0.15, 0.2) is 29.3 Å². The third kappa shape index (κ3) is 3.33. The molecule has 30 heavy (non-hydrogen) atoms. The molecular weight excluding hydrogens is 401 g/mol. The van der Waals surface area contributed by atoms with Crippen molar-refractivity contribution in [3.63, 3.8) is 0 Å². The van der Waals surface area contributed by atoms with Crippen LogP contribution in [0.25, 0.3) is 27.3 Å². The number of rotatable bonds is 3. The lowest BCUT2D eigenvalue weighted by atomic mass is 9.94. The first-order valence-electron chi connectivity index (χ1n) is 10.3. The molecule has 8 heteroatoms. The van der Waals surface area contributed by atoms with Crippen molar-refractivity contribution in [1.29, 1.82) is 0 Å². The van der Waals surface area contributed by atoms with Gasteiger partial charge in [0.25, 0.3) is 5.56 Å². The van der Waals surface area contributed by atoms with Crippen LogP contribution in [-0.4, -0.2) is 43.4 Å². The van der Waals surface area contributed by atoms with Crippen molar-refractivity contribution in [1.82, 2.24) is 24.3 Å². The van der Waals surface area contributed by atoms with E-state index in [2.05, 4.69) is 33.7 Å². The number of thiophene rings is 1. The minimum absolute atomic E-state index is 0.181. The second-order valence-corrected chi connectivity index (χ2v) is 9.44. The van der Waals surface area contributed by atoms with Gasteiger partial charge in [-0.15, -0.1) is 11.3 Å². The lowest BCUT2D eigenvalue weighted by molar-refractivity contribution is 0.173. The van der Waals surface area contributed by atoms with Crippen LogP contribution in [0.2, 0.25) is 0 Å². The summed E-state index contributed by atoms with van der Waals surface area (Å²) in [7, 11) is 0. The maximum atomic E-state index is 14.5. The first-order chi connectivity index (χ1) is 14.4. The first-order valence-corrected chi connectivity index (χ1v) is 11.1. The van der Waals surface area contributed by atoms with Crippen molar-refractivity contribution >= 4 is 27.2 Å². The van der Waals surface area contributed by atoms with Gasteiger partial charge >= 0.3 is 0 Å². The third-order valence-corrected chi connectivity index (χ3v) is 7.18. The van der Waals surface area contributed by atoms with Gasteiger partial charge in [0.15, 0.2) is 11.5 Å². The molecule has 6 nitrogen and oxygen atoms in total. The van der Waals surface area contributed by atoms with Crippen molar-refractivity contribution in [2.45, 2.75) is 45.6 Å². The Balaban J connectivity index is 1.51. The molecule has 1 aliphatic rings. The fourth-order valence-electron chi connectivity index (χ4n) is 4.30. The van der Waals surface area contributed by atoms with Crippen LogP contribution < -0.4 is 5.56 Å². The van der Waals surface area contributed by atoms with E-state index in [-0.39, 0.29) is 11.2 Å². The predicted octanol–water partition coefficient (Wildman–Crippen LogP) is 4.33. The van der Waals surface area contributed by atoms with Crippen LogP contribution in [0, 0.1) is 12.7 Å². The molecule has 0 atom stereocenters. The molecule has 156 valence electrons. The molecule has 1 N–H and O–H groups in total. The Bertz CT molecular complexity index is 1300. The van der Waals surface area contributed by atoms with Gasteiger partial charge in [0, 0.05) is 28.9 Å². The zero-order valence-corrected chi connectivity index (χ0v) is 18.1. The smallest absolute Gasteiger partial charge is 0.259 e. The van der Waals surface area contributed by atoms with E-state index in [9.17, 15) is 9.18 Å². The van der Waals surface area contributed by atoms with E-state index in [1.807, 2.05) is 13.0 Å². The van der Waals surface area contributed by atoms with E-state index in [0.29, 0.717) is 33.6 Å². The van der Waals surface area contributed by atoms with Crippen molar-refractivity contribution in [3.8, 4) is 11.4 Å². The molecule has 0 aliphatic carbocycles. The second kappa shape index (κ2) is 7.28. The molecule has 0 saturated carbocycles. The number of aryl methyl sites for hydroxylation is 1. The molecule has 0 amide bonds. The molecule has 0 aromatic carbocycles. The lowest BCUT2D eigenvalue weighted by Crippen LogP contribution is -2.37. The fraction of sp³-hybridized carbons (Fsp3) is 0.409. The van der Waals surface area contributed by atoms with Gasteiger partial charge in [0.2, 0.25) is 0 Å². The Morgan fingerprint density at radius 2 is 1.97 bits per heavy atom. The van der Waals surface area contributed by atoms with Crippen molar-refractivity contribution in [2.24, 2.45) is 0 Å². The molecular formula is C22H24FN5OS. The van der Waals surface area contributed by atoms with Gasteiger partial charge < -0.3 is 14.3 Å². The SMILES string of the molecule is Cc1cn2cc(-c3nc4sc(C5CCN(C(C)C)CC5)cc4c(=O)[nH]3)cc(F)c2n1. The van der Waals surface area contributed by atoms with E-state index in [1.165, 1.54) is 10.9 Å². The number of halogens is 1. The Labute approximate surface area is 177 Å². The number of nitrogens with one attached hydrogen (secondary N) is 1. The van der Waals surface area contributed by atoms with Gasteiger partial charge in [-0.3, -0.25) is 4.79 Å². The molecule has 4 aromatic rings. The summed E-state index contributed by atoms with van der Waals surface area (Å²) in [5.74, 6) is 0.402. The van der Waals surface area contributed by atoms with Gasteiger partial charge in [0.05, 0.1) is 11.1 Å². The van der Waals surface area contributed by atoms with Gasteiger partial charge in [0.1, 0.15) is 10.7 Å². The molecule has 0 unspecified atom stereocenters. The number of hydrogen-bond acceptors (Lipinski definition) is 5. The summed E-state index contributed by atoms with van der Waals surface area (Å²) in [5, 5.41) is 0.616. The lowest BCUT2D eigenvalue weighted by Gasteiger charge is -2.34. The average Bonchev–Trinajstić information content (AvgIpc) is 3.31. The van der Waals surface area contributed by atoms with Crippen LogP contribution in [0.3, 0.4) is 0 Å². The second-order valence-electron chi connectivity index (χ2n) is 8.38. The molecule has 1 aliphatic heterocycles. The number of H-pyrrole nitrogens is 1. The number of pyridine rings is 1. The van der Waals surface area contributed by atoms with E-state index in [0.717, 1.165) is 31.6 Å². The Kier molecular flexibility index (Phi) is 4.71. The molecule has 5 heterocycles. The summed E-state index contributed by atoms with van der Waals surface area (Å²) in [5.41, 5.74) is 1.34. The highest BCUT2D eigenvalue weighted by Gasteiger charge is 2.24. The molecule has 0 spiro atoms. The normalized spacial score (nSPS) is 16.3. The minimum Gasteiger partial charge on any atom is -0.306 e. The first kappa shape index (κ1) is 19.4. The van der Waals surface area contributed by atoms with Crippen molar-refractivity contribution < 1.29 is 4.39 Å². The number of aromatic amines is 1. The van der Waals surface area contributed by atoms with Gasteiger partial charge in [-0.05, 0) is 64.8 Å². The van der Waals surface area contributed by atoms with Crippen LogP contribution >= 0.6 is 11.3 Å². The molecule has 1 fully saturated rings. The highest BCUT2D eigenvalue weighted by molar-refractivity contribution is 7.18. The van der Waals surface area contributed by atoms with Crippen molar-refractivity contribution in [3.05, 3.63) is 51.3 Å². The number of aromatic nitrogens is 4. The maximum absolute atomic E-state index is 14.5. The molecule has 0 radical (unpaired) electrons. The molecule has 1 saturated heterocycles. The quantitative estimate of drug-likeness (QED) is 0.530. The van der Waals surface area contributed by atoms with E-state index in [4.69, 9.17) is 0 Å². The van der Waals surface area contributed by atoms with Gasteiger partial charge in [-0.2, -0.15) is 0 Å². The van der Waals surface area contributed by atoms with Gasteiger partial charge in [-0.25, -0.2) is 14.4 Å². The number of likely N-dealkylation sites (tertiary alicyclic amines) is 1. The highest BCUT2D eigenvalue weighted by atomic mass is 32.1. The summed E-state index contributed by atoms with van der Waals surface area (Å²) in [4.78, 5) is 28.9. The van der Waals surface area contributed by atoms with Crippen LogP contribution in [0.1, 0.15) is 43.2 Å². The highest BCUT2D eigenvalue weighted by Crippen LogP contribution is 2.35. The summed E-state index contributed by atoms with van der Waals surface area (Å²) in [6.07, 6.45) is 5.69. The largest absolute Gasteiger partial charge is 0.306 e. The Hall–Kier alpha value is -2.58. The van der Waals surface area contributed by atoms with Crippen LogP contribution in [0.5, 0.6) is 0 Å². The molecule has 5 rings (SSSR count). The maximum Gasteiger partial charge on any atom is 0.259 e. The number of hydrogen-bond donors (Lipinski definition) is 1. The van der Waals surface area contributed by atoms with Gasteiger partial charge in [-0.1, -0.05) is 0 Å². The topological polar surface area (TPSA) is 66.3 Å². The number of fused-ring (bicyclic) bond motifs is 2. The molecule has 0 bridgehead atoms. The summed E-state index contributed by atoms with van der Waals surface area (Å²) >= 11 is 1.59. The van der Waals surface area contributed by atoms with Crippen molar-refractivity contribution in [2.75, 3.05) is 13.1 Å². The number of nitrogens with zero attached hydrogens (tertiary/aromatic N) is 4. The van der Waals surface area contributed by atoms with E-state index >= 15 is 0 Å². The van der Waals surface area contributed by atoms with E-state index < -0.39 is 5.82 Å².